The molecular formula is C50H42N2O6. The van der Waals surface area contributed by atoms with Crippen molar-refractivity contribution < 1.29 is 18.9 Å². The molecule has 8 nitrogen and oxygen atoms in total. The van der Waals surface area contributed by atoms with Gasteiger partial charge < -0.3 is 28.1 Å². The lowest BCUT2D eigenvalue weighted by atomic mass is 9.88. The molecule has 0 atom stereocenters. The number of fused-ring (bicyclic) bond motifs is 1. The fourth-order valence-corrected chi connectivity index (χ4v) is 7.67. The monoisotopic (exact) mass is 766 g/mol. The Morgan fingerprint density at radius 3 is 0.914 bits per heavy atom. The fraction of sp³-hybridized carbons (Fsp3) is 0.120. The van der Waals surface area contributed by atoms with E-state index < -0.39 is 0 Å². The highest BCUT2D eigenvalue weighted by molar-refractivity contribution is 6.10. The van der Waals surface area contributed by atoms with Gasteiger partial charge in [-0.3, -0.25) is 9.59 Å². The lowest BCUT2D eigenvalue weighted by molar-refractivity contribution is 0.414. The molecule has 0 spiro atoms. The molecule has 2 aromatic heterocycles. The average molecular weight is 767 g/mol. The van der Waals surface area contributed by atoms with E-state index in [2.05, 4.69) is 0 Å². The third-order valence-electron chi connectivity index (χ3n) is 10.5. The summed E-state index contributed by atoms with van der Waals surface area (Å²) in [5.41, 5.74) is 6.73. The van der Waals surface area contributed by atoms with E-state index in [1.54, 1.807) is 28.4 Å². The Labute approximate surface area is 336 Å². The van der Waals surface area contributed by atoms with Crippen LogP contribution in [0.3, 0.4) is 0 Å². The van der Waals surface area contributed by atoms with Gasteiger partial charge in [0.2, 0.25) is 0 Å². The number of pyridine rings is 2. The van der Waals surface area contributed by atoms with Crippen molar-refractivity contribution in [2.45, 2.75) is 13.1 Å². The second-order valence-corrected chi connectivity index (χ2v) is 13.9. The van der Waals surface area contributed by atoms with E-state index in [0.717, 1.165) is 33.4 Å². The van der Waals surface area contributed by atoms with Crippen LogP contribution >= 0.6 is 0 Å². The minimum Gasteiger partial charge on any atom is -0.497 e. The molecule has 0 saturated carbocycles. The third kappa shape index (κ3) is 7.12. The molecule has 8 rings (SSSR count). The normalized spacial score (nSPS) is 11.0. The molecular weight excluding hydrogens is 725 g/mol. The van der Waals surface area contributed by atoms with E-state index in [9.17, 15) is 0 Å². The van der Waals surface area contributed by atoms with Gasteiger partial charge in [-0.1, -0.05) is 84.9 Å². The molecule has 0 bridgehead atoms. The van der Waals surface area contributed by atoms with Gasteiger partial charge in [-0.05, 0) is 106 Å². The summed E-state index contributed by atoms with van der Waals surface area (Å²) in [5.74, 6) is 2.67. The maximum absolute atomic E-state index is 15.9. The first-order valence-electron chi connectivity index (χ1n) is 18.9. The Kier molecular flexibility index (Phi) is 10.6. The molecule has 0 amide bonds. The van der Waals surface area contributed by atoms with Crippen molar-refractivity contribution in [2.24, 2.45) is 0 Å². The Morgan fingerprint density at radius 2 is 0.638 bits per heavy atom. The van der Waals surface area contributed by atoms with Crippen LogP contribution < -0.4 is 30.1 Å². The summed E-state index contributed by atoms with van der Waals surface area (Å²) in [6, 6.07) is 50.3. The zero-order valence-electron chi connectivity index (χ0n) is 32.8. The number of aromatic nitrogens is 2. The van der Waals surface area contributed by atoms with Crippen molar-refractivity contribution >= 4 is 10.8 Å². The van der Waals surface area contributed by atoms with E-state index in [4.69, 9.17) is 18.9 Å². The topological polar surface area (TPSA) is 80.9 Å². The van der Waals surface area contributed by atoms with Crippen LogP contribution in [0.2, 0.25) is 0 Å². The molecule has 6 aromatic carbocycles. The van der Waals surface area contributed by atoms with Crippen molar-refractivity contribution in [3.63, 3.8) is 0 Å². The molecule has 2 heterocycles. The Balaban J connectivity index is 1.64. The van der Waals surface area contributed by atoms with Gasteiger partial charge in [0.1, 0.15) is 23.0 Å². The van der Waals surface area contributed by atoms with Crippen molar-refractivity contribution in [1.29, 1.82) is 0 Å². The van der Waals surface area contributed by atoms with E-state index in [0.29, 0.717) is 56.3 Å². The highest BCUT2D eigenvalue weighted by Gasteiger charge is 2.29. The number of hydrogen-bond donors (Lipinski definition) is 0. The van der Waals surface area contributed by atoms with Crippen LogP contribution in [-0.4, -0.2) is 37.6 Å². The molecule has 0 aliphatic carbocycles. The first-order valence-corrected chi connectivity index (χ1v) is 18.9. The van der Waals surface area contributed by atoms with Gasteiger partial charge in [0.25, 0.3) is 11.1 Å². The summed E-state index contributed by atoms with van der Waals surface area (Å²) in [6.45, 7) is 0.486. The standard InChI is InChI=1S/C50H42N2O6/c1-55-39-23-15-35(16-24-39)43-45-46(50(54)51(31-33-11-7-5-8-12-33)47(43)37-19-27-41(57-3)28-20-37)44(36-17-25-40(56-2)26-18-36)48(38-21-29-42(58-4)30-22-38)52(49(45)53)32-34-13-9-6-10-14-34/h5-30H,31-32H2,1-4H3. The lowest BCUT2D eigenvalue weighted by Crippen LogP contribution is -2.31. The highest BCUT2D eigenvalue weighted by atomic mass is 16.5. The largest absolute Gasteiger partial charge is 0.497 e. The number of hydrogen-bond acceptors (Lipinski definition) is 6. The summed E-state index contributed by atoms with van der Waals surface area (Å²) in [5, 5.41) is 0.619. The predicted octanol–water partition coefficient (Wildman–Crippen LogP) is 9.96. The van der Waals surface area contributed by atoms with Gasteiger partial charge in [0.15, 0.2) is 0 Å². The average Bonchev–Trinajstić information content (AvgIpc) is 3.29. The molecule has 8 heteroatoms. The summed E-state index contributed by atoms with van der Waals surface area (Å²) in [6.07, 6.45) is 0. The Hall–Kier alpha value is -7.32. The smallest absolute Gasteiger partial charge is 0.260 e. The maximum atomic E-state index is 15.9. The van der Waals surface area contributed by atoms with Gasteiger partial charge in [-0.15, -0.1) is 0 Å². The van der Waals surface area contributed by atoms with Gasteiger partial charge in [-0.25, -0.2) is 0 Å². The van der Waals surface area contributed by atoms with Crippen molar-refractivity contribution in [3.05, 3.63) is 190 Å². The zero-order valence-corrected chi connectivity index (χ0v) is 32.8. The molecule has 0 radical (unpaired) electrons. The van der Waals surface area contributed by atoms with Crippen molar-refractivity contribution in [2.75, 3.05) is 28.4 Å². The molecule has 58 heavy (non-hydrogen) atoms. The van der Waals surface area contributed by atoms with Crippen LogP contribution in [0.25, 0.3) is 55.5 Å². The Morgan fingerprint density at radius 1 is 0.362 bits per heavy atom. The summed E-state index contributed by atoms with van der Waals surface area (Å²) >= 11 is 0. The molecule has 0 fully saturated rings. The summed E-state index contributed by atoms with van der Waals surface area (Å²) in [4.78, 5) is 31.8. The van der Waals surface area contributed by atoms with Gasteiger partial charge in [-0.2, -0.15) is 0 Å². The SMILES string of the molecule is COc1ccc(-c2c(-c3ccc(OC)cc3)n(Cc3ccccc3)c(=O)c3c(-c4ccc(OC)cc4)c(-c4ccc(OC)cc4)n(Cc4ccccc4)c(=O)c23)cc1. The Bertz CT molecular complexity index is 2610. The van der Waals surface area contributed by atoms with Crippen molar-refractivity contribution in [3.8, 4) is 67.8 Å². The first kappa shape index (κ1) is 37.6. The minimum atomic E-state index is -0.300. The van der Waals surface area contributed by atoms with Crippen LogP contribution in [0.4, 0.5) is 0 Å². The first-order chi connectivity index (χ1) is 28.4. The molecule has 0 saturated heterocycles. The van der Waals surface area contributed by atoms with Crippen LogP contribution in [0.1, 0.15) is 11.1 Å². The van der Waals surface area contributed by atoms with E-state index in [1.165, 1.54) is 0 Å². The lowest BCUT2D eigenvalue weighted by Gasteiger charge is -2.25. The number of benzene rings is 6. The molecule has 0 aliphatic rings. The maximum Gasteiger partial charge on any atom is 0.260 e. The van der Waals surface area contributed by atoms with Crippen molar-refractivity contribution in [1.82, 2.24) is 9.13 Å². The molecule has 0 unspecified atom stereocenters. The minimum absolute atomic E-state index is 0.243. The fourth-order valence-electron chi connectivity index (χ4n) is 7.67. The quantitative estimate of drug-likeness (QED) is 0.123. The number of ether oxygens (including phenoxy) is 4. The van der Waals surface area contributed by atoms with E-state index in [-0.39, 0.29) is 24.2 Å². The van der Waals surface area contributed by atoms with Crippen LogP contribution in [0.15, 0.2) is 167 Å². The molecule has 8 aromatic rings. The second kappa shape index (κ2) is 16.4. The molecule has 288 valence electrons. The van der Waals surface area contributed by atoms with E-state index >= 15 is 9.59 Å². The zero-order chi connectivity index (χ0) is 40.2. The predicted molar refractivity (Wildman–Crippen MR) is 232 cm³/mol. The molecule has 0 aliphatic heterocycles. The number of rotatable bonds is 12. The van der Waals surface area contributed by atoms with Gasteiger partial charge >= 0.3 is 0 Å². The van der Waals surface area contributed by atoms with Crippen LogP contribution in [0, 0.1) is 0 Å². The number of methoxy groups -OCH3 is 4. The van der Waals surface area contributed by atoms with Crippen LogP contribution in [-0.2, 0) is 13.1 Å². The summed E-state index contributed by atoms with van der Waals surface area (Å²) in [7, 11) is 6.49. The number of nitrogens with zero attached hydrogens (tertiary/aromatic N) is 2. The highest BCUT2D eigenvalue weighted by Crippen LogP contribution is 2.43. The molecule has 0 N–H and O–H groups in total. The van der Waals surface area contributed by atoms with Crippen LogP contribution in [0.5, 0.6) is 23.0 Å². The summed E-state index contributed by atoms with van der Waals surface area (Å²) < 4.78 is 25.9. The van der Waals surface area contributed by atoms with Gasteiger partial charge in [0.05, 0.1) is 63.7 Å². The second-order valence-electron chi connectivity index (χ2n) is 13.9. The third-order valence-corrected chi connectivity index (χ3v) is 10.5. The van der Waals surface area contributed by atoms with E-state index in [1.807, 2.05) is 167 Å². The van der Waals surface area contributed by atoms with Gasteiger partial charge in [0, 0.05) is 11.1 Å².